The van der Waals surface area contributed by atoms with E-state index >= 15 is 0 Å². The maximum atomic E-state index is 11.2. The zero-order chi connectivity index (χ0) is 12.2. The Kier molecular flexibility index (Phi) is 4.70. The summed E-state index contributed by atoms with van der Waals surface area (Å²) >= 11 is 0. The lowest BCUT2D eigenvalue weighted by Crippen LogP contribution is -2.43. The maximum absolute atomic E-state index is 11.2. The number of nitrogens with two attached hydrogens (primary N) is 1. The van der Waals surface area contributed by atoms with E-state index in [1.165, 1.54) is 0 Å². The summed E-state index contributed by atoms with van der Waals surface area (Å²) in [5, 5.41) is 17.7. The van der Waals surface area contributed by atoms with E-state index in [1.54, 1.807) is 20.8 Å². The molecule has 0 aromatic carbocycles. The molecule has 0 aliphatic carbocycles. The van der Waals surface area contributed by atoms with E-state index in [9.17, 15) is 14.7 Å². The molecule has 0 aliphatic rings. The molecular formula is C9H17NO5. The molecule has 0 saturated heterocycles. The summed E-state index contributed by atoms with van der Waals surface area (Å²) in [5.74, 6) is -2.03. The number of aliphatic hydroxyl groups is 1. The number of hydrogen-bond donors (Lipinski definition) is 3. The van der Waals surface area contributed by atoms with Crippen LogP contribution in [0.4, 0.5) is 0 Å². The maximum Gasteiger partial charge on any atom is 0.323 e. The summed E-state index contributed by atoms with van der Waals surface area (Å²) < 4.78 is 4.89. The quantitative estimate of drug-likeness (QED) is 0.549. The predicted molar refractivity (Wildman–Crippen MR) is 52.1 cm³/mol. The van der Waals surface area contributed by atoms with Gasteiger partial charge in [0.05, 0.1) is 12.5 Å². The number of aliphatic hydroxyl groups excluding tert-OH is 1. The highest BCUT2D eigenvalue weighted by Gasteiger charge is 2.26. The molecule has 15 heavy (non-hydrogen) atoms. The molecule has 2 unspecified atom stereocenters. The van der Waals surface area contributed by atoms with Crippen molar-refractivity contribution in [3.63, 3.8) is 0 Å². The molecule has 4 N–H and O–H groups in total. The van der Waals surface area contributed by atoms with Gasteiger partial charge in [0.1, 0.15) is 11.6 Å². The van der Waals surface area contributed by atoms with Crippen LogP contribution >= 0.6 is 0 Å². The number of esters is 1. The largest absolute Gasteiger partial charge is 0.480 e. The van der Waals surface area contributed by atoms with Gasteiger partial charge in [-0.05, 0) is 20.8 Å². The standard InChI is InChI=1S/C9H17NO5/c1-9(2,3)15-6(12)4-5(11)7(10)8(13)14/h5,7,11H,4,10H2,1-3H3,(H,13,14). The second-order valence-corrected chi connectivity index (χ2v) is 4.22. The monoisotopic (exact) mass is 219 g/mol. The lowest BCUT2D eigenvalue weighted by Gasteiger charge is -2.21. The second-order valence-electron chi connectivity index (χ2n) is 4.22. The Labute approximate surface area is 88.0 Å². The molecular weight excluding hydrogens is 202 g/mol. The fourth-order valence-electron chi connectivity index (χ4n) is 0.845. The van der Waals surface area contributed by atoms with Gasteiger partial charge in [-0.15, -0.1) is 0 Å². The van der Waals surface area contributed by atoms with Gasteiger partial charge < -0.3 is 20.7 Å². The second kappa shape index (κ2) is 5.09. The summed E-state index contributed by atoms with van der Waals surface area (Å²) in [6, 6.07) is -1.47. The molecule has 0 radical (unpaired) electrons. The molecule has 6 heteroatoms. The van der Waals surface area contributed by atoms with Crippen LogP contribution in [0.1, 0.15) is 27.2 Å². The molecule has 0 saturated carbocycles. The van der Waals surface area contributed by atoms with Crippen molar-refractivity contribution in [2.45, 2.75) is 44.9 Å². The van der Waals surface area contributed by atoms with Crippen molar-refractivity contribution in [1.82, 2.24) is 0 Å². The fourth-order valence-corrected chi connectivity index (χ4v) is 0.845. The van der Waals surface area contributed by atoms with Crippen molar-refractivity contribution in [3.8, 4) is 0 Å². The third kappa shape index (κ3) is 6.03. The van der Waals surface area contributed by atoms with Crippen molar-refractivity contribution < 1.29 is 24.5 Å². The van der Waals surface area contributed by atoms with E-state index in [0.29, 0.717) is 0 Å². The van der Waals surface area contributed by atoms with Gasteiger partial charge in [0.15, 0.2) is 0 Å². The zero-order valence-electron chi connectivity index (χ0n) is 9.06. The van der Waals surface area contributed by atoms with Crippen LogP contribution in [-0.4, -0.2) is 39.9 Å². The molecule has 2 atom stereocenters. The van der Waals surface area contributed by atoms with Crippen molar-refractivity contribution in [2.75, 3.05) is 0 Å². The molecule has 88 valence electrons. The highest BCUT2D eigenvalue weighted by atomic mass is 16.6. The number of aliphatic carboxylic acids is 1. The lowest BCUT2D eigenvalue weighted by atomic mass is 10.1. The number of hydrogen-bond acceptors (Lipinski definition) is 5. The van der Waals surface area contributed by atoms with Crippen LogP contribution in [-0.2, 0) is 14.3 Å². The minimum atomic E-state index is -1.47. The fraction of sp³-hybridized carbons (Fsp3) is 0.778. The van der Waals surface area contributed by atoms with Crippen LogP contribution in [0.25, 0.3) is 0 Å². The number of ether oxygens (including phenoxy) is 1. The number of carbonyl (C=O) groups is 2. The van der Waals surface area contributed by atoms with Gasteiger partial charge in [0, 0.05) is 0 Å². The number of carboxylic acids is 1. The van der Waals surface area contributed by atoms with E-state index in [4.69, 9.17) is 15.6 Å². The Morgan fingerprint density at radius 3 is 2.20 bits per heavy atom. The van der Waals surface area contributed by atoms with E-state index in [0.717, 1.165) is 0 Å². The molecule has 0 fully saturated rings. The Hall–Kier alpha value is -1.14. The van der Waals surface area contributed by atoms with Gasteiger partial charge in [-0.25, -0.2) is 0 Å². The predicted octanol–water partition coefficient (Wildman–Crippen LogP) is -0.509. The summed E-state index contributed by atoms with van der Waals surface area (Å²) in [5.41, 5.74) is 4.45. The number of carboxylic acid groups (broad SMARTS) is 1. The van der Waals surface area contributed by atoms with Crippen molar-refractivity contribution in [3.05, 3.63) is 0 Å². The summed E-state index contributed by atoms with van der Waals surface area (Å²) in [7, 11) is 0. The smallest absolute Gasteiger partial charge is 0.323 e. The van der Waals surface area contributed by atoms with Gasteiger partial charge in [0.2, 0.25) is 0 Å². The van der Waals surface area contributed by atoms with E-state index in [2.05, 4.69) is 0 Å². The molecule has 0 heterocycles. The highest BCUT2D eigenvalue weighted by Crippen LogP contribution is 2.10. The van der Waals surface area contributed by atoms with Crippen molar-refractivity contribution in [1.29, 1.82) is 0 Å². The van der Waals surface area contributed by atoms with E-state index in [-0.39, 0.29) is 0 Å². The summed E-state index contributed by atoms with van der Waals surface area (Å²) in [4.78, 5) is 21.5. The average Bonchev–Trinajstić information content (AvgIpc) is 1.98. The molecule has 0 bridgehead atoms. The third-order valence-electron chi connectivity index (χ3n) is 1.50. The van der Waals surface area contributed by atoms with Crippen LogP contribution in [0.15, 0.2) is 0 Å². The molecule has 0 aromatic rings. The Bertz CT molecular complexity index is 245. The van der Waals surface area contributed by atoms with Gasteiger partial charge >= 0.3 is 11.9 Å². The topological polar surface area (TPSA) is 110 Å². The van der Waals surface area contributed by atoms with Crippen LogP contribution in [0, 0.1) is 0 Å². The molecule has 0 rings (SSSR count). The minimum absolute atomic E-state index is 0.426. The Morgan fingerprint density at radius 2 is 1.87 bits per heavy atom. The molecule has 0 aromatic heterocycles. The Balaban J connectivity index is 4.13. The SMILES string of the molecule is CC(C)(C)OC(=O)CC(O)C(N)C(=O)O. The van der Waals surface area contributed by atoms with Crippen LogP contribution in [0.3, 0.4) is 0 Å². The lowest BCUT2D eigenvalue weighted by molar-refractivity contribution is -0.158. The normalized spacial score (nSPS) is 15.5. The zero-order valence-corrected chi connectivity index (χ0v) is 9.06. The first kappa shape index (κ1) is 13.9. The van der Waals surface area contributed by atoms with E-state index in [1.807, 2.05) is 0 Å². The van der Waals surface area contributed by atoms with Gasteiger partial charge in [0.25, 0.3) is 0 Å². The van der Waals surface area contributed by atoms with Crippen LogP contribution in [0.2, 0.25) is 0 Å². The van der Waals surface area contributed by atoms with Crippen molar-refractivity contribution in [2.24, 2.45) is 5.73 Å². The first-order valence-electron chi connectivity index (χ1n) is 4.52. The highest BCUT2D eigenvalue weighted by molar-refractivity contribution is 5.76. The average molecular weight is 219 g/mol. The Morgan fingerprint density at radius 1 is 1.40 bits per heavy atom. The third-order valence-corrected chi connectivity index (χ3v) is 1.50. The first-order valence-corrected chi connectivity index (χ1v) is 4.52. The first-order chi connectivity index (χ1) is 6.63. The number of carbonyl (C=O) groups excluding carboxylic acids is 1. The summed E-state index contributed by atoms with van der Waals surface area (Å²) in [6.45, 7) is 5.03. The van der Waals surface area contributed by atoms with Crippen LogP contribution in [0.5, 0.6) is 0 Å². The molecule has 0 aliphatic heterocycles. The van der Waals surface area contributed by atoms with Gasteiger partial charge in [-0.1, -0.05) is 0 Å². The molecule has 0 amide bonds. The summed E-state index contributed by atoms with van der Waals surface area (Å²) in [6.07, 6.45) is -1.86. The van der Waals surface area contributed by atoms with Gasteiger partial charge in [-0.3, -0.25) is 9.59 Å². The number of rotatable bonds is 4. The van der Waals surface area contributed by atoms with Crippen molar-refractivity contribution >= 4 is 11.9 Å². The van der Waals surface area contributed by atoms with E-state index < -0.39 is 36.1 Å². The molecule has 0 spiro atoms. The molecule has 6 nitrogen and oxygen atoms in total. The van der Waals surface area contributed by atoms with Gasteiger partial charge in [-0.2, -0.15) is 0 Å². The van der Waals surface area contributed by atoms with Crippen LogP contribution < -0.4 is 5.73 Å². The minimum Gasteiger partial charge on any atom is -0.480 e.